The zero-order valence-electron chi connectivity index (χ0n) is 32.2. The Kier molecular flexibility index (Phi) is 14.8. The van der Waals surface area contributed by atoms with Gasteiger partial charge in [-0.3, -0.25) is 14.4 Å². The highest BCUT2D eigenvalue weighted by Gasteiger charge is 2.30. The topological polar surface area (TPSA) is 126 Å². The predicted molar refractivity (Wildman–Crippen MR) is 217 cm³/mol. The zero-order chi connectivity index (χ0) is 39.2. The van der Waals surface area contributed by atoms with Crippen molar-refractivity contribution in [3.63, 3.8) is 0 Å². The van der Waals surface area contributed by atoms with Crippen LogP contribution in [0.15, 0.2) is 121 Å². The van der Waals surface area contributed by atoms with E-state index in [9.17, 15) is 19.5 Å². The highest BCUT2D eigenvalue weighted by atomic mass is 16.5. The first-order chi connectivity index (χ1) is 26.5. The summed E-state index contributed by atoms with van der Waals surface area (Å²) in [6, 6.07) is 36.6. The molecule has 0 fully saturated rings. The average Bonchev–Trinajstić information content (AvgIpc) is 3.17. The number of aliphatic hydroxyl groups excluding tert-OH is 1. The summed E-state index contributed by atoms with van der Waals surface area (Å²) in [5.41, 5.74) is 3.79. The normalized spacial score (nSPS) is 13.3. The monoisotopic (exact) mass is 743 g/mol. The van der Waals surface area contributed by atoms with Gasteiger partial charge in [-0.15, -0.1) is 0 Å². The SMILES string of the molecule is Cc1cccc(C)c1OCC(=O)N[C@@H](Cc1ccccc1)C[C@H](O)[C@H](Cc1ccccc1)NC(=O)[C@H](CC(C)C)NC(=O)COc1ccc2ccccc2c1. The van der Waals surface area contributed by atoms with Crippen molar-refractivity contribution in [3.05, 3.63) is 144 Å². The Balaban J connectivity index is 1.28. The van der Waals surface area contributed by atoms with E-state index in [0.717, 1.165) is 33.0 Å². The van der Waals surface area contributed by atoms with Gasteiger partial charge in [0.2, 0.25) is 5.91 Å². The fourth-order valence-corrected chi connectivity index (χ4v) is 6.76. The molecule has 3 amide bonds. The molecule has 5 rings (SSSR count). The van der Waals surface area contributed by atoms with E-state index in [4.69, 9.17) is 9.47 Å². The standard InChI is InChI=1S/C46H53N3O6/c1-31(2)24-41(48-44(52)29-54-39-23-22-36-20-11-12-21-37(36)27-39)46(53)49-40(26-35-18-9-6-10-19-35)42(50)28-38(25-34-16-7-5-8-17-34)47-43(51)30-55-45-32(3)14-13-15-33(45)4/h5-23,27,31,38,40-42,50H,24-26,28-30H2,1-4H3,(H,47,51)(H,48,52)(H,49,53)/t38-,40-,41-,42-/m0/s1. The molecule has 0 aliphatic rings. The minimum atomic E-state index is -1.05. The van der Waals surface area contributed by atoms with E-state index >= 15 is 0 Å². The van der Waals surface area contributed by atoms with Crippen molar-refractivity contribution in [2.45, 2.75) is 77.6 Å². The van der Waals surface area contributed by atoms with Gasteiger partial charge in [-0.1, -0.05) is 123 Å². The van der Waals surface area contributed by atoms with E-state index < -0.39 is 36.0 Å². The van der Waals surface area contributed by atoms with E-state index in [0.29, 0.717) is 30.8 Å². The number of aliphatic hydroxyl groups is 1. The van der Waals surface area contributed by atoms with Gasteiger partial charge in [-0.25, -0.2) is 0 Å². The molecule has 4 atom stereocenters. The molecule has 5 aromatic rings. The number of amides is 3. The fourth-order valence-electron chi connectivity index (χ4n) is 6.76. The van der Waals surface area contributed by atoms with Gasteiger partial charge >= 0.3 is 0 Å². The third-order valence-electron chi connectivity index (χ3n) is 9.51. The van der Waals surface area contributed by atoms with Crippen LogP contribution in [0, 0.1) is 19.8 Å². The zero-order valence-corrected chi connectivity index (χ0v) is 32.2. The second-order valence-electron chi connectivity index (χ2n) is 14.6. The first-order valence-electron chi connectivity index (χ1n) is 19.0. The largest absolute Gasteiger partial charge is 0.484 e. The Bertz CT molecular complexity index is 1980. The molecular weight excluding hydrogens is 691 g/mol. The minimum Gasteiger partial charge on any atom is -0.484 e. The van der Waals surface area contributed by atoms with Crippen LogP contribution in [0.5, 0.6) is 11.5 Å². The van der Waals surface area contributed by atoms with Crippen molar-refractivity contribution in [2.24, 2.45) is 5.92 Å². The molecule has 0 aliphatic heterocycles. The molecule has 5 aromatic carbocycles. The van der Waals surface area contributed by atoms with Crippen molar-refractivity contribution >= 4 is 28.5 Å². The average molecular weight is 744 g/mol. The van der Waals surface area contributed by atoms with E-state index in [1.807, 2.05) is 149 Å². The molecule has 55 heavy (non-hydrogen) atoms. The summed E-state index contributed by atoms with van der Waals surface area (Å²) in [4.78, 5) is 40.5. The number of rotatable bonds is 19. The van der Waals surface area contributed by atoms with Gasteiger partial charge in [-0.05, 0) is 90.6 Å². The number of hydrogen-bond donors (Lipinski definition) is 4. The number of hydrogen-bond acceptors (Lipinski definition) is 6. The lowest BCUT2D eigenvalue weighted by Crippen LogP contribution is -2.55. The van der Waals surface area contributed by atoms with Crippen molar-refractivity contribution < 1.29 is 29.0 Å². The molecule has 0 heterocycles. The number of carbonyl (C=O) groups excluding carboxylic acids is 3. The summed E-state index contributed by atoms with van der Waals surface area (Å²) in [5, 5.41) is 23.0. The molecule has 9 nitrogen and oxygen atoms in total. The molecule has 4 N–H and O–H groups in total. The summed E-state index contributed by atoms with van der Waals surface area (Å²) in [6.45, 7) is 7.40. The van der Waals surface area contributed by atoms with Crippen LogP contribution in [0.4, 0.5) is 0 Å². The van der Waals surface area contributed by atoms with Crippen LogP contribution in [0.25, 0.3) is 10.8 Å². The second-order valence-corrected chi connectivity index (χ2v) is 14.6. The number of benzene rings is 5. The highest BCUT2D eigenvalue weighted by Crippen LogP contribution is 2.23. The lowest BCUT2D eigenvalue weighted by Gasteiger charge is -2.30. The molecule has 288 valence electrons. The summed E-state index contributed by atoms with van der Waals surface area (Å²) in [5.74, 6) is 0.169. The third kappa shape index (κ3) is 12.7. The van der Waals surface area contributed by atoms with Gasteiger partial charge in [-0.2, -0.15) is 0 Å². The lowest BCUT2D eigenvalue weighted by atomic mass is 9.93. The number of aryl methyl sites for hydroxylation is 2. The molecule has 9 heteroatoms. The van der Waals surface area contributed by atoms with Crippen LogP contribution >= 0.6 is 0 Å². The van der Waals surface area contributed by atoms with E-state index in [1.54, 1.807) is 0 Å². The Morgan fingerprint density at radius 2 is 1.20 bits per heavy atom. The number of ether oxygens (including phenoxy) is 2. The van der Waals surface area contributed by atoms with Crippen LogP contribution in [0.2, 0.25) is 0 Å². The van der Waals surface area contributed by atoms with E-state index in [1.165, 1.54) is 0 Å². The summed E-state index contributed by atoms with van der Waals surface area (Å²) < 4.78 is 11.7. The van der Waals surface area contributed by atoms with Crippen LogP contribution in [-0.2, 0) is 27.2 Å². The fraction of sp³-hybridized carbons (Fsp3) is 0.326. The molecule has 0 radical (unpaired) electrons. The second kappa shape index (κ2) is 20.1. The first kappa shape index (κ1) is 40.5. The van der Waals surface area contributed by atoms with Crippen LogP contribution in [0.1, 0.15) is 48.9 Å². The smallest absolute Gasteiger partial charge is 0.258 e. The number of fused-ring (bicyclic) bond motifs is 1. The van der Waals surface area contributed by atoms with Crippen molar-refractivity contribution in [1.29, 1.82) is 0 Å². The molecule has 0 bridgehead atoms. The maximum Gasteiger partial charge on any atom is 0.258 e. The van der Waals surface area contributed by atoms with Gasteiger partial charge < -0.3 is 30.5 Å². The van der Waals surface area contributed by atoms with Crippen molar-refractivity contribution in [1.82, 2.24) is 16.0 Å². The lowest BCUT2D eigenvalue weighted by molar-refractivity contribution is -0.131. The van der Waals surface area contributed by atoms with Gasteiger partial charge in [0.15, 0.2) is 13.2 Å². The molecule has 0 saturated heterocycles. The van der Waals surface area contributed by atoms with E-state index in [2.05, 4.69) is 16.0 Å². The summed E-state index contributed by atoms with van der Waals surface area (Å²) in [6.07, 6.45) is 0.284. The van der Waals surface area contributed by atoms with Gasteiger partial charge in [0.25, 0.3) is 11.8 Å². The molecule has 0 aromatic heterocycles. The molecular formula is C46H53N3O6. The quantitative estimate of drug-likeness (QED) is 0.0751. The van der Waals surface area contributed by atoms with Crippen molar-refractivity contribution in [3.8, 4) is 11.5 Å². The summed E-state index contributed by atoms with van der Waals surface area (Å²) in [7, 11) is 0. The summed E-state index contributed by atoms with van der Waals surface area (Å²) >= 11 is 0. The van der Waals surface area contributed by atoms with Crippen LogP contribution in [-0.4, -0.2) is 60.3 Å². The number of carbonyl (C=O) groups is 3. The molecule has 0 saturated carbocycles. The van der Waals surface area contributed by atoms with Gasteiger partial charge in [0.1, 0.15) is 17.5 Å². The highest BCUT2D eigenvalue weighted by molar-refractivity contribution is 5.88. The maximum atomic E-state index is 14.0. The Morgan fingerprint density at radius 3 is 1.85 bits per heavy atom. The van der Waals surface area contributed by atoms with Crippen LogP contribution in [0.3, 0.4) is 0 Å². The Labute approximate surface area is 324 Å². The van der Waals surface area contributed by atoms with Crippen molar-refractivity contribution in [2.75, 3.05) is 13.2 Å². The Morgan fingerprint density at radius 1 is 0.618 bits per heavy atom. The van der Waals surface area contributed by atoms with Crippen LogP contribution < -0.4 is 25.4 Å². The molecule has 0 unspecified atom stereocenters. The third-order valence-corrected chi connectivity index (χ3v) is 9.51. The number of para-hydroxylation sites is 1. The van der Waals surface area contributed by atoms with E-state index in [-0.39, 0.29) is 31.5 Å². The van der Waals surface area contributed by atoms with Gasteiger partial charge in [0, 0.05) is 6.04 Å². The predicted octanol–water partition coefficient (Wildman–Crippen LogP) is 6.65. The first-order valence-corrected chi connectivity index (χ1v) is 19.0. The molecule has 0 spiro atoms. The Hall–Kier alpha value is -5.67. The maximum absolute atomic E-state index is 14.0. The molecule has 0 aliphatic carbocycles. The van der Waals surface area contributed by atoms with Gasteiger partial charge in [0.05, 0.1) is 12.1 Å². The number of nitrogens with one attached hydrogen (secondary N) is 3. The minimum absolute atomic E-state index is 0.0890.